The van der Waals surface area contributed by atoms with Crippen molar-refractivity contribution in [1.29, 1.82) is 0 Å². The van der Waals surface area contributed by atoms with E-state index in [9.17, 15) is 0 Å². The van der Waals surface area contributed by atoms with E-state index in [4.69, 9.17) is 9.47 Å². The Hall–Kier alpha value is -1.07. The van der Waals surface area contributed by atoms with Crippen LogP contribution >= 0.6 is 22.6 Å². The Morgan fingerprint density at radius 2 is 1.72 bits per heavy atom. The second-order valence-corrected chi connectivity index (χ2v) is 5.41. The van der Waals surface area contributed by atoms with Crippen LogP contribution in [0, 0.1) is 3.57 Å². The number of benzene rings is 2. The Bertz CT molecular complexity index is 523. The lowest BCUT2D eigenvalue weighted by atomic mass is 10.1. The van der Waals surface area contributed by atoms with Gasteiger partial charge in [-0.1, -0.05) is 42.5 Å². The van der Waals surface area contributed by atoms with Gasteiger partial charge in [-0.3, -0.25) is 0 Å². The van der Waals surface area contributed by atoms with Crippen molar-refractivity contribution < 1.29 is 9.47 Å². The van der Waals surface area contributed by atoms with Gasteiger partial charge in [0.05, 0.1) is 10.2 Å². The molecule has 0 saturated carbocycles. The first kappa shape index (κ1) is 12.0. The molecule has 2 aromatic carbocycles. The number of halogens is 1. The Morgan fingerprint density at radius 1 is 1.06 bits per heavy atom. The van der Waals surface area contributed by atoms with Gasteiger partial charge in [-0.05, 0) is 40.3 Å². The fourth-order valence-electron chi connectivity index (χ4n) is 1.91. The van der Waals surface area contributed by atoms with Gasteiger partial charge < -0.3 is 9.47 Å². The molecule has 2 atom stereocenters. The van der Waals surface area contributed by atoms with Crippen molar-refractivity contribution in [3.8, 4) is 5.75 Å². The zero-order valence-electron chi connectivity index (χ0n) is 9.75. The van der Waals surface area contributed by atoms with Crippen molar-refractivity contribution in [1.82, 2.24) is 0 Å². The quantitative estimate of drug-likeness (QED) is 0.617. The standard InChI is InChI=1S/C15H13IO2/c16-12-8-4-5-9-13(12)18-15(14-10-17-14)11-6-2-1-3-7-11/h1-9,14-15H,10H2. The van der Waals surface area contributed by atoms with E-state index in [0.29, 0.717) is 0 Å². The maximum absolute atomic E-state index is 6.12. The summed E-state index contributed by atoms with van der Waals surface area (Å²) in [6.45, 7) is 0.781. The Morgan fingerprint density at radius 3 is 2.39 bits per heavy atom. The lowest BCUT2D eigenvalue weighted by Crippen LogP contribution is -2.14. The molecule has 1 fully saturated rings. The lowest BCUT2D eigenvalue weighted by molar-refractivity contribution is 0.160. The van der Waals surface area contributed by atoms with Crippen LogP contribution in [0.2, 0.25) is 0 Å². The summed E-state index contributed by atoms with van der Waals surface area (Å²) in [4.78, 5) is 0. The van der Waals surface area contributed by atoms with E-state index < -0.39 is 0 Å². The summed E-state index contributed by atoms with van der Waals surface area (Å²) in [5.41, 5.74) is 1.17. The first-order valence-electron chi connectivity index (χ1n) is 5.92. The number of ether oxygens (including phenoxy) is 2. The molecule has 0 aromatic heterocycles. The van der Waals surface area contributed by atoms with E-state index in [-0.39, 0.29) is 12.2 Å². The highest BCUT2D eigenvalue weighted by Crippen LogP contribution is 2.34. The number of hydrogen-bond donors (Lipinski definition) is 0. The monoisotopic (exact) mass is 352 g/mol. The minimum Gasteiger partial charge on any atom is -0.482 e. The summed E-state index contributed by atoms with van der Waals surface area (Å²) in [6.07, 6.45) is 0.172. The molecule has 1 heterocycles. The summed E-state index contributed by atoms with van der Waals surface area (Å²) < 4.78 is 12.7. The molecule has 92 valence electrons. The molecule has 0 aliphatic carbocycles. The molecule has 0 spiro atoms. The normalized spacial score (nSPS) is 19.3. The van der Waals surface area contributed by atoms with Crippen molar-refractivity contribution >= 4 is 22.6 Å². The van der Waals surface area contributed by atoms with Crippen LogP contribution in [0.1, 0.15) is 11.7 Å². The van der Waals surface area contributed by atoms with Crippen LogP contribution in [-0.4, -0.2) is 12.7 Å². The van der Waals surface area contributed by atoms with E-state index >= 15 is 0 Å². The molecule has 18 heavy (non-hydrogen) atoms. The molecule has 3 heteroatoms. The molecule has 1 aliphatic heterocycles. The second-order valence-electron chi connectivity index (χ2n) is 4.25. The molecule has 3 rings (SSSR count). The van der Waals surface area contributed by atoms with Gasteiger partial charge in [-0.2, -0.15) is 0 Å². The third kappa shape index (κ3) is 2.67. The molecule has 2 nitrogen and oxygen atoms in total. The second kappa shape index (κ2) is 5.28. The van der Waals surface area contributed by atoms with E-state index in [1.165, 1.54) is 5.56 Å². The van der Waals surface area contributed by atoms with Crippen molar-refractivity contribution in [3.63, 3.8) is 0 Å². The summed E-state index contributed by atoms with van der Waals surface area (Å²) in [5, 5.41) is 0. The third-order valence-corrected chi connectivity index (χ3v) is 3.81. The van der Waals surface area contributed by atoms with Gasteiger partial charge in [-0.25, -0.2) is 0 Å². The van der Waals surface area contributed by atoms with Crippen LogP contribution in [0.3, 0.4) is 0 Å². The van der Waals surface area contributed by atoms with Crippen LogP contribution in [0.25, 0.3) is 0 Å². The smallest absolute Gasteiger partial charge is 0.152 e. The van der Waals surface area contributed by atoms with Crippen molar-refractivity contribution in [3.05, 3.63) is 63.7 Å². The Labute approximate surface area is 120 Å². The first-order valence-corrected chi connectivity index (χ1v) is 7.00. The fourth-order valence-corrected chi connectivity index (χ4v) is 2.42. The number of epoxide rings is 1. The van der Waals surface area contributed by atoms with Crippen molar-refractivity contribution in [2.45, 2.75) is 12.2 Å². The molecule has 2 unspecified atom stereocenters. The van der Waals surface area contributed by atoms with E-state index in [1.54, 1.807) is 0 Å². The van der Waals surface area contributed by atoms with Crippen LogP contribution in [0.4, 0.5) is 0 Å². The Kier molecular flexibility index (Phi) is 3.52. The zero-order chi connectivity index (χ0) is 12.4. The number of hydrogen-bond acceptors (Lipinski definition) is 2. The predicted octanol–water partition coefficient (Wildman–Crippen LogP) is 3.81. The summed E-state index contributed by atoms with van der Waals surface area (Å²) >= 11 is 2.29. The molecule has 1 aliphatic rings. The third-order valence-electron chi connectivity index (χ3n) is 2.92. The minimum atomic E-state index is -0.0119. The highest BCUT2D eigenvalue weighted by Gasteiger charge is 2.35. The van der Waals surface area contributed by atoms with Crippen LogP contribution in [0.5, 0.6) is 5.75 Å². The topological polar surface area (TPSA) is 21.8 Å². The van der Waals surface area contributed by atoms with Gasteiger partial charge in [0, 0.05) is 0 Å². The van der Waals surface area contributed by atoms with Gasteiger partial charge in [0.15, 0.2) is 6.10 Å². The average molecular weight is 352 g/mol. The molecule has 2 aromatic rings. The van der Waals surface area contributed by atoms with Gasteiger partial charge in [0.2, 0.25) is 0 Å². The maximum Gasteiger partial charge on any atom is 0.152 e. The van der Waals surface area contributed by atoms with Gasteiger partial charge in [0.1, 0.15) is 11.9 Å². The van der Waals surface area contributed by atoms with Crippen LogP contribution in [-0.2, 0) is 4.74 Å². The molecule has 0 bridgehead atoms. The van der Waals surface area contributed by atoms with Gasteiger partial charge >= 0.3 is 0 Å². The predicted molar refractivity (Wildman–Crippen MR) is 78.7 cm³/mol. The number of rotatable bonds is 4. The highest BCUT2D eigenvalue weighted by atomic mass is 127. The molecular weight excluding hydrogens is 339 g/mol. The molecule has 0 radical (unpaired) electrons. The number of para-hydroxylation sites is 1. The largest absolute Gasteiger partial charge is 0.482 e. The maximum atomic E-state index is 6.12. The van der Waals surface area contributed by atoms with Gasteiger partial charge in [-0.15, -0.1) is 0 Å². The molecule has 1 saturated heterocycles. The fraction of sp³-hybridized carbons (Fsp3) is 0.200. The summed E-state index contributed by atoms with van der Waals surface area (Å²) in [5.74, 6) is 0.919. The van der Waals surface area contributed by atoms with Gasteiger partial charge in [0.25, 0.3) is 0 Å². The average Bonchev–Trinajstić information content (AvgIpc) is 3.23. The molecule has 0 amide bonds. The van der Waals surface area contributed by atoms with Crippen LogP contribution in [0.15, 0.2) is 54.6 Å². The van der Waals surface area contributed by atoms with E-state index in [0.717, 1.165) is 15.9 Å². The molecule has 0 N–H and O–H groups in total. The highest BCUT2D eigenvalue weighted by molar-refractivity contribution is 14.1. The zero-order valence-corrected chi connectivity index (χ0v) is 11.9. The summed E-state index contributed by atoms with van der Waals surface area (Å²) in [6, 6.07) is 18.3. The van der Waals surface area contributed by atoms with Crippen molar-refractivity contribution in [2.75, 3.05) is 6.61 Å². The van der Waals surface area contributed by atoms with E-state index in [1.807, 2.05) is 42.5 Å². The lowest BCUT2D eigenvalue weighted by Gasteiger charge is -2.18. The van der Waals surface area contributed by atoms with E-state index in [2.05, 4.69) is 34.7 Å². The first-order chi connectivity index (χ1) is 8.84. The minimum absolute atomic E-state index is 0.0119. The van der Waals surface area contributed by atoms with Crippen molar-refractivity contribution in [2.24, 2.45) is 0 Å². The van der Waals surface area contributed by atoms with Crippen LogP contribution < -0.4 is 4.74 Å². The molecular formula is C15H13IO2. The summed E-state index contributed by atoms with van der Waals surface area (Å²) in [7, 11) is 0. The Balaban J connectivity index is 1.86. The SMILES string of the molecule is Ic1ccccc1OC(c1ccccc1)C1CO1.